The van der Waals surface area contributed by atoms with Crippen LogP contribution in [0.15, 0.2) is 47.3 Å². The lowest BCUT2D eigenvalue weighted by Crippen LogP contribution is -2.10. The molecular formula is C27H27ClN2O3S. The predicted octanol–water partition coefficient (Wildman–Crippen LogP) is 6.94. The second kappa shape index (κ2) is 10.2. The Labute approximate surface area is 207 Å². The van der Waals surface area contributed by atoms with Crippen LogP contribution in [0.1, 0.15) is 48.6 Å². The minimum Gasteiger partial charge on any atom is -0.490 e. The van der Waals surface area contributed by atoms with Crippen molar-refractivity contribution in [1.29, 1.82) is 0 Å². The van der Waals surface area contributed by atoms with E-state index in [4.69, 9.17) is 26.1 Å². The fourth-order valence-electron chi connectivity index (χ4n) is 4.47. The Bertz CT molecular complexity index is 1380. The number of halogens is 1. The summed E-state index contributed by atoms with van der Waals surface area (Å²) in [5, 5.41) is 1.44. The summed E-state index contributed by atoms with van der Waals surface area (Å²) in [7, 11) is 0. The number of aromatic nitrogens is 2. The molecule has 2 aromatic carbocycles. The highest BCUT2D eigenvalue weighted by molar-refractivity contribution is 7.18. The van der Waals surface area contributed by atoms with Gasteiger partial charge in [-0.15, -0.1) is 11.3 Å². The number of ether oxygens (including phenoxy) is 2. The van der Waals surface area contributed by atoms with E-state index in [9.17, 15) is 4.79 Å². The van der Waals surface area contributed by atoms with Crippen LogP contribution in [0.3, 0.4) is 0 Å². The lowest BCUT2D eigenvalue weighted by molar-refractivity contribution is 0.269. The van der Waals surface area contributed by atoms with Gasteiger partial charge in [0.1, 0.15) is 17.3 Å². The molecule has 5 rings (SSSR count). The molecule has 1 N–H and O–H groups in total. The van der Waals surface area contributed by atoms with Gasteiger partial charge in [0.05, 0.1) is 12.0 Å². The Balaban J connectivity index is 1.48. The van der Waals surface area contributed by atoms with Gasteiger partial charge in [-0.3, -0.25) is 4.79 Å². The van der Waals surface area contributed by atoms with Gasteiger partial charge in [0, 0.05) is 21.0 Å². The number of rotatable bonds is 6. The number of nitrogens with zero attached hydrogens (tertiary/aromatic N) is 1. The highest BCUT2D eigenvalue weighted by Crippen LogP contribution is 2.35. The van der Waals surface area contributed by atoms with Crippen LogP contribution >= 0.6 is 22.9 Å². The van der Waals surface area contributed by atoms with Gasteiger partial charge in [-0.2, -0.15) is 0 Å². The first-order valence-electron chi connectivity index (χ1n) is 11.8. The lowest BCUT2D eigenvalue weighted by Gasteiger charge is -2.14. The van der Waals surface area contributed by atoms with Crippen LogP contribution in [-0.2, 0) is 19.4 Å². The van der Waals surface area contributed by atoms with Gasteiger partial charge in [0.15, 0.2) is 11.5 Å². The molecule has 0 atom stereocenters. The highest BCUT2D eigenvalue weighted by atomic mass is 35.5. The van der Waals surface area contributed by atoms with Crippen LogP contribution in [0.5, 0.6) is 11.5 Å². The second-order valence-electron chi connectivity index (χ2n) is 8.49. The summed E-state index contributed by atoms with van der Waals surface area (Å²) in [6.45, 7) is 2.76. The van der Waals surface area contributed by atoms with Crippen molar-refractivity contribution in [3.63, 3.8) is 0 Å². The molecule has 2 heterocycles. The summed E-state index contributed by atoms with van der Waals surface area (Å²) < 4.78 is 11.9. The van der Waals surface area contributed by atoms with Gasteiger partial charge in [-0.25, -0.2) is 4.98 Å². The number of nitrogens with one attached hydrogen (secondary N) is 1. The molecular weight excluding hydrogens is 468 g/mol. The summed E-state index contributed by atoms with van der Waals surface area (Å²) in [6, 6.07) is 13.2. The topological polar surface area (TPSA) is 64.2 Å². The molecule has 7 heteroatoms. The lowest BCUT2D eigenvalue weighted by atomic mass is 9.98. The first-order chi connectivity index (χ1) is 16.6. The third kappa shape index (κ3) is 4.70. The maximum atomic E-state index is 13.1. The smallest absolute Gasteiger partial charge is 0.260 e. The SMILES string of the molecule is CCOc1cc(-c2nc3sc4c(c3c(=O)[nH]2)CCCCCC4)ccc1OCc1ccccc1Cl. The zero-order valence-electron chi connectivity index (χ0n) is 19.2. The van der Waals surface area contributed by atoms with Crippen molar-refractivity contribution in [2.75, 3.05) is 6.61 Å². The number of thiophene rings is 1. The Morgan fingerprint density at radius 2 is 1.85 bits per heavy atom. The summed E-state index contributed by atoms with van der Waals surface area (Å²) >= 11 is 7.93. The first kappa shape index (κ1) is 22.9. The predicted molar refractivity (Wildman–Crippen MR) is 139 cm³/mol. The number of H-pyrrole nitrogens is 1. The van der Waals surface area contributed by atoms with Gasteiger partial charge in [-0.05, 0) is 62.4 Å². The van der Waals surface area contributed by atoms with E-state index >= 15 is 0 Å². The number of hydrogen-bond donors (Lipinski definition) is 1. The standard InChI is InChI=1S/C27H27ClN2O3S/c1-2-32-22-15-17(13-14-21(22)33-16-18-9-7-8-11-20(18)28)25-29-26(31)24-19-10-5-3-4-6-12-23(19)34-27(24)30-25/h7-9,11,13-15H,2-6,10,12,16H2,1H3,(H,29,30,31). The first-order valence-corrected chi connectivity index (χ1v) is 13.0. The van der Waals surface area contributed by atoms with E-state index in [2.05, 4.69) is 4.98 Å². The zero-order chi connectivity index (χ0) is 23.5. The molecule has 34 heavy (non-hydrogen) atoms. The number of aryl methyl sites for hydroxylation is 2. The molecule has 1 aliphatic carbocycles. The van der Waals surface area contributed by atoms with Crippen LogP contribution in [0.4, 0.5) is 0 Å². The van der Waals surface area contributed by atoms with E-state index in [0.29, 0.717) is 35.6 Å². The van der Waals surface area contributed by atoms with Crippen molar-refractivity contribution in [3.8, 4) is 22.9 Å². The van der Waals surface area contributed by atoms with Crippen molar-refractivity contribution in [3.05, 3.63) is 73.8 Å². The van der Waals surface area contributed by atoms with Crippen molar-refractivity contribution >= 4 is 33.2 Å². The van der Waals surface area contributed by atoms with Crippen molar-refractivity contribution in [2.24, 2.45) is 0 Å². The average Bonchev–Trinajstić information content (AvgIpc) is 3.16. The molecule has 1 aliphatic rings. The van der Waals surface area contributed by atoms with E-state index in [1.165, 1.54) is 29.7 Å². The van der Waals surface area contributed by atoms with Crippen molar-refractivity contribution < 1.29 is 9.47 Å². The van der Waals surface area contributed by atoms with Crippen LogP contribution in [-0.4, -0.2) is 16.6 Å². The van der Waals surface area contributed by atoms with Crippen molar-refractivity contribution in [2.45, 2.75) is 52.1 Å². The molecule has 0 aliphatic heterocycles. The minimum atomic E-state index is -0.0601. The number of hydrogen-bond acceptors (Lipinski definition) is 5. The largest absolute Gasteiger partial charge is 0.490 e. The molecule has 0 radical (unpaired) electrons. The number of fused-ring (bicyclic) bond motifs is 3. The number of aromatic amines is 1. The maximum Gasteiger partial charge on any atom is 0.260 e. The fourth-order valence-corrected chi connectivity index (χ4v) is 5.92. The molecule has 176 valence electrons. The van der Waals surface area contributed by atoms with Crippen LogP contribution in [0.25, 0.3) is 21.6 Å². The molecule has 0 fully saturated rings. The Hall–Kier alpha value is -2.83. The average molecular weight is 495 g/mol. The summed E-state index contributed by atoms with van der Waals surface area (Å²) in [4.78, 5) is 23.1. The summed E-state index contributed by atoms with van der Waals surface area (Å²) in [5.41, 5.74) is 2.84. The van der Waals surface area contributed by atoms with Gasteiger partial charge >= 0.3 is 0 Å². The molecule has 0 amide bonds. The summed E-state index contributed by atoms with van der Waals surface area (Å²) in [6.07, 6.45) is 6.80. The van der Waals surface area contributed by atoms with E-state index < -0.39 is 0 Å². The fraction of sp³-hybridized carbons (Fsp3) is 0.333. The van der Waals surface area contributed by atoms with Crippen LogP contribution in [0, 0.1) is 0 Å². The highest BCUT2D eigenvalue weighted by Gasteiger charge is 2.19. The molecule has 5 nitrogen and oxygen atoms in total. The summed E-state index contributed by atoms with van der Waals surface area (Å²) in [5.74, 6) is 1.77. The third-order valence-corrected chi connectivity index (χ3v) is 7.74. The van der Waals surface area contributed by atoms with Crippen molar-refractivity contribution in [1.82, 2.24) is 9.97 Å². The molecule has 4 aromatic rings. The van der Waals surface area contributed by atoms with Gasteiger partial charge < -0.3 is 14.5 Å². The van der Waals surface area contributed by atoms with E-state index in [1.807, 2.05) is 49.4 Å². The Morgan fingerprint density at radius 3 is 2.68 bits per heavy atom. The maximum absolute atomic E-state index is 13.1. The normalized spacial score (nSPS) is 13.8. The molecule has 0 unspecified atom stereocenters. The molecule has 0 spiro atoms. The Morgan fingerprint density at radius 1 is 1.03 bits per heavy atom. The van der Waals surface area contributed by atoms with Crippen LogP contribution in [0.2, 0.25) is 5.02 Å². The second-order valence-corrected chi connectivity index (χ2v) is 9.98. The van der Waals surface area contributed by atoms with Gasteiger partial charge in [-0.1, -0.05) is 42.6 Å². The van der Waals surface area contributed by atoms with E-state index in [-0.39, 0.29) is 5.56 Å². The number of benzene rings is 2. The Kier molecular flexibility index (Phi) is 6.88. The quantitative estimate of drug-likeness (QED) is 0.315. The molecule has 2 aromatic heterocycles. The molecule has 0 saturated carbocycles. The monoisotopic (exact) mass is 494 g/mol. The minimum absolute atomic E-state index is 0.0601. The van der Waals surface area contributed by atoms with Gasteiger partial charge in [0.25, 0.3) is 5.56 Å². The molecule has 0 bridgehead atoms. The van der Waals surface area contributed by atoms with Gasteiger partial charge in [0.2, 0.25) is 0 Å². The van der Waals surface area contributed by atoms with E-state index in [1.54, 1.807) is 11.3 Å². The van der Waals surface area contributed by atoms with Crippen LogP contribution < -0.4 is 15.0 Å². The zero-order valence-corrected chi connectivity index (χ0v) is 20.7. The third-order valence-electron chi connectivity index (χ3n) is 6.18. The van der Waals surface area contributed by atoms with E-state index in [0.717, 1.165) is 40.6 Å². The molecule has 0 saturated heterocycles.